The van der Waals surface area contributed by atoms with Crippen LogP contribution >= 0.6 is 0 Å². The number of nitrogens with one attached hydrogen (secondary N) is 1. The lowest BCUT2D eigenvalue weighted by molar-refractivity contribution is -0.137. The van der Waals surface area contributed by atoms with Crippen LogP contribution in [0.5, 0.6) is 0 Å². The molecule has 0 aromatic heterocycles. The van der Waals surface area contributed by atoms with Crippen LogP contribution in [0.2, 0.25) is 0 Å². The Hall–Kier alpha value is -1.49. The van der Waals surface area contributed by atoms with Crippen molar-refractivity contribution in [3.8, 4) is 0 Å². The summed E-state index contributed by atoms with van der Waals surface area (Å²) in [5, 5.41) is 11.2. The zero-order chi connectivity index (χ0) is 11.4. The minimum atomic E-state index is -1.07. The van der Waals surface area contributed by atoms with Gasteiger partial charge < -0.3 is 10.4 Å². The molecule has 0 radical (unpaired) electrons. The average Bonchev–Trinajstić information content (AvgIpc) is 2.18. The van der Waals surface area contributed by atoms with E-state index >= 15 is 0 Å². The third-order valence-electron chi connectivity index (χ3n) is 2.06. The Morgan fingerprint density at radius 3 is 2.73 bits per heavy atom. The van der Waals surface area contributed by atoms with Gasteiger partial charge in [-0.25, -0.2) is 8.78 Å². The molecule has 0 aliphatic heterocycles. The quantitative estimate of drug-likeness (QED) is 0.803. The third-order valence-corrected chi connectivity index (χ3v) is 2.06. The highest BCUT2D eigenvalue weighted by molar-refractivity contribution is 5.67. The lowest BCUT2D eigenvalue weighted by atomic mass is 10.0. The molecule has 3 nitrogen and oxygen atoms in total. The van der Waals surface area contributed by atoms with Crippen LogP contribution in [0.1, 0.15) is 18.0 Å². The highest BCUT2D eigenvalue weighted by atomic mass is 19.1. The highest BCUT2D eigenvalue weighted by Gasteiger charge is 2.17. The molecular weight excluding hydrogens is 204 g/mol. The van der Waals surface area contributed by atoms with E-state index < -0.39 is 23.6 Å². The van der Waals surface area contributed by atoms with Crippen LogP contribution in [0.15, 0.2) is 18.2 Å². The van der Waals surface area contributed by atoms with Crippen LogP contribution in [0.4, 0.5) is 8.78 Å². The van der Waals surface area contributed by atoms with Gasteiger partial charge in [-0.05, 0) is 25.2 Å². The van der Waals surface area contributed by atoms with E-state index in [-0.39, 0.29) is 12.0 Å². The molecule has 0 aliphatic rings. The Morgan fingerprint density at radius 1 is 1.53 bits per heavy atom. The molecule has 0 fully saturated rings. The molecular formula is C10H11F2NO2. The van der Waals surface area contributed by atoms with Crippen LogP contribution in [0.25, 0.3) is 0 Å². The first-order valence-corrected chi connectivity index (χ1v) is 4.38. The minimum Gasteiger partial charge on any atom is -0.481 e. The van der Waals surface area contributed by atoms with Gasteiger partial charge in [0.1, 0.15) is 11.6 Å². The number of hydrogen-bond acceptors (Lipinski definition) is 2. The van der Waals surface area contributed by atoms with Crippen LogP contribution in [-0.4, -0.2) is 18.1 Å². The first-order chi connectivity index (χ1) is 7.04. The van der Waals surface area contributed by atoms with E-state index in [1.807, 2.05) is 0 Å². The van der Waals surface area contributed by atoms with Gasteiger partial charge in [0.25, 0.3) is 0 Å². The van der Waals surface area contributed by atoms with Gasteiger partial charge >= 0.3 is 5.97 Å². The maximum absolute atomic E-state index is 13.3. The fourth-order valence-electron chi connectivity index (χ4n) is 1.32. The molecule has 1 atom stereocenters. The fraction of sp³-hybridized carbons (Fsp3) is 0.300. The van der Waals surface area contributed by atoms with E-state index in [2.05, 4.69) is 5.32 Å². The van der Waals surface area contributed by atoms with Gasteiger partial charge in [0.05, 0.1) is 6.42 Å². The average molecular weight is 215 g/mol. The molecule has 1 aromatic rings. The molecule has 2 N–H and O–H groups in total. The van der Waals surface area contributed by atoms with Crippen molar-refractivity contribution in [2.45, 2.75) is 12.5 Å². The Balaban J connectivity index is 3.00. The van der Waals surface area contributed by atoms with E-state index in [0.717, 1.165) is 18.2 Å². The van der Waals surface area contributed by atoms with Crippen molar-refractivity contribution < 1.29 is 18.7 Å². The molecule has 0 saturated heterocycles. The van der Waals surface area contributed by atoms with Crippen molar-refractivity contribution in [1.29, 1.82) is 0 Å². The summed E-state index contributed by atoms with van der Waals surface area (Å²) in [6, 6.07) is 2.25. The van der Waals surface area contributed by atoms with Crippen molar-refractivity contribution in [3.05, 3.63) is 35.4 Å². The summed E-state index contributed by atoms with van der Waals surface area (Å²) >= 11 is 0. The fourth-order valence-corrected chi connectivity index (χ4v) is 1.32. The van der Waals surface area contributed by atoms with Gasteiger partial charge in [0, 0.05) is 11.6 Å². The molecule has 0 bridgehead atoms. The molecule has 1 aromatic carbocycles. The van der Waals surface area contributed by atoms with Gasteiger partial charge in [-0.15, -0.1) is 0 Å². The summed E-state index contributed by atoms with van der Waals surface area (Å²) in [4.78, 5) is 10.5. The maximum Gasteiger partial charge on any atom is 0.305 e. The first kappa shape index (κ1) is 11.6. The second-order valence-corrected chi connectivity index (χ2v) is 3.10. The van der Waals surface area contributed by atoms with Crippen LogP contribution < -0.4 is 5.32 Å². The van der Waals surface area contributed by atoms with E-state index in [4.69, 9.17) is 5.11 Å². The molecule has 82 valence electrons. The van der Waals surface area contributed by atoms with Gasteiger partial charge in [-0.3, -0.25) is 4.79 Å². The molecule has 5 heteroatoms. The number of carboxylic acids is 1. The number of hydrogen-bond donors (Lipinski definition) is 2. The highest BCUT2D eigenvalue weighted by Crippen LogP contribution is 2.20. The Morgan fingerprint density at radius 2 is 2.20 bits per heavy atom. The summed E-state index contributed by atoms with van der Waals surface area (Å²) in [7, 11) is 1.50. The maximum atomic E-state index is 13.3. The monoisotopic (exact) mass is 215 g/mol. The Bertz CT molecular complexity index is 368. The molecule has 0 aliphatic carbocycles. The molecule has 0 amide bonds. The van der Waals surface area contributed by atoms with E-state index in [0.29, 0.717) is 0 Å². The Labute approximate surface area is 85.7 Å². The van der Waals surface area contributed by atoms with Gasteiger partial charge in [0.15, 0.2) is 0 Å². The second kappa shape index (κ2) is 4.84. The van der Waals surface area contributed by atoms with Gasteiger partial charge in [0.2, 0.25) is 0 Å². The number of benzene rings is 1. The normalized spacial score (nSPS) is 12.5. The van der Waals surface area contributed by atoms with Crippen LogP contribution in [0.3, 0.4) is 0 Å². The number of aliphatic carboxylic acids is 1. The molecule has 0 saturated carbocycles. The second-order valence-electron chi connectivity index (χ2n) is 3.10. The van der Waals surface area contributed by atoms with Gasteiger partial charge in [-0.2, -0.15) is 0 Å². The first-order valence-electron chi connectivity index (χ1n) is 4.38. The predicted molar refractivity (Wildman–Crippen MR) is 50.4 cm³/mol. The predicted octanol–water partition coefficient (Wildman–Crippen LogP) is 1.70. The van der Waals surface area contributed by atoms with Crippen molar-refractivity contribution in [2.24, 2.45) is 0 Å². The van der Waals surface area contributed by atoms with Crippen LogP contribution in [-0.2, 0) is 4.79 Å². The summed E-state index contributed by atoms with van der Waals surface area (Å²) < 4.78 is 26.1. The summed E-state index contributed by atoms with van der Waals surface area (Å²) in [6.07, 6.45) is -0.295. The summed E-state index contributed by atoms with van der Waals surface area (Å²) in [5.41, 5.74) is 0.0277. The SMILES string of the molecule is CNC(CC(=O)O)c1cc(F)ccc1F. The largest absolute Gasteiger partial charge is 0.481 e. The number of carboxylic acid groups (broad SMARTS) is 1. The molecule has 1 rings (SSSR count). The van der Waals surface area contributed by atoms with Crippen molar-refractivity contribution >= 4 is 5.97 Å². The van der Waals surface area contributed by atoms with E-state index in [1.165, 1.54) is 7.05 Å². The molecule has 0 spiro atoms. The zero-order valence-electron chi connectivity index (χ0n) is 8.13. The molecule has 15 heavy (non-hydrogen) atoms. The zero-order valence-corrected chi connectivity index (χ0v) is 8.13. The lowest BCUT2D eigenvalue weighted by Gasteiger charge is -2.14. The van der Waals surface area contributed by atoms with E-state index in [9.17, 15) is 13.6 Å². The number of halogens is 2. The minimum absolute atomic E-state index is 0.0277. The van der Waals surface area contributed by atoms with E-state index in [1.54, 1.807) is 0 Å². The topological polar surface area (TPSA) is 49.3 Å². The van der Waals surface area contributed by atoms with Crippen molar-refractivity contribution in [2.75, 3.05) is 7.05 Å². The van der Waals surface area contributed by atoms with Gasteiger partial charge in [-0.1, -0.05) is 0 Å². The summed E-state index contributed by atoms with van der Waals surface area (Å²) in [6.45, 7) is 0. The van der Waals surface area contributed by atoms with Crippen molar-refractivity contribution in [3.63, 3.8) is 0 Å². The molecule has 0 heterocycles. The molecule has 1 unspecified atom stereocenters. The number of rotatable bonds is 4. The standard InChI is InChI=1S/C10H11F2NO2/c1-13-9(5-10(14)15)7-4-6(11)2-3-8(7)12/h2-4,9,13H,5H2,1H3,(H,14,15). The third kappa shape index (κ3) is 2.99. The smallest absolute Gasteiger partial charge is 0.305 e. The van der Waals surface area contributed by atoms with Crippen molar-refractivity contribution in [1.82, 2.24) is 5.32 Å². The number of carbonyl (C=O) groups is 1. The summed E-state index contributed by atoms with van der Waals surface area (Å²) in [5.74, 6) is -2.27. The van der Waals surface area contributed by atoms with Crippen LogP contribution in [0, 0.1) is 11.6 Å². The lowest BCUT2D eigenvalue weighted by Crippen LogP contribution is -2.21. The Kier molecular flexibility index (Phi) is 3.74.